The van der Waals surface area contributed by atoms with Gasteiger partial charge in [-0.2, -0.15) is 5.10 Å². The van der Waals surface area contributed by atoms with Gasteiger partial charge in [-0.05, 0) is 31.0 Å². The van der Waals surface area contributed by atoms with Gasteiger partial charge in [-0.15, -0.1) is 0 Å². The molecular weight excluding hydrogens is 332 g/mol. The number of nitrogens with one attached hydrogen (secondary N) is 1. The Bertz CT molecular complexity index is 917. The maximum absolute atomic E-state index is 12.7. The summed E-state index contributed by atoms with van der Waals surface area (Å²) in [6.45, 7) is 1.50. The average Bonchev–Trinajstić information content (AvgIpc) is 3.11. The van der Waals surface area contributed by atoms with Crippen molar-refractivity contribution in [3.63, 3.8) is 0 Å². The summed E-state index contributed by atoms with van der Waals surface area (Å²) >= 11 is 0. The van der Waals surface area contributed by atoms with Crippen molar-refractivity contribution in [3.05, 3.63) is 48.3 Å². The molecule has 0 unspecified atom stereocenters. The summed E-state index contributed by atoms with van der Waals surface area (Å²) in [5, 5.41) is 8.37. The molecule has 0 spiro atoms. The second-order valence-corrected chi connectivity index (χ2v) is 6.23. The van der Waals surface area contributed by atoms with Gasteiger partial charge in [-0.25, -0.2) is 4.98 Å². The molecule has 0 radical (unpaired) electrons. The largest absolute Gasteiger partial charge is 0.496 e. The Labute approximate surface area is 150 Å². The van der Waals surface area contributed by atoms with Gasteiger partial charge in [0.25, 0.3) is 5.91 Å². The summed E-state index contributed by atoms with van der Waals surface area (Å²) in [6, 6.07) is 9.31. The normalized spacial score (nSPS) is 15.1. The first-order valence-corrected chi connectivity index (χ1v) is 8.61. The molecule has 7 nitrogen and oxygen atoms in total. The van der Waals surface area contributed by atoms with E-state index in [0.717, 1.165) is 37.0 Å². The Morgan fingerprint density at radius 2 is 2.15 bits per heavy atom. The molecule has 134 valence electrons. The van der Waals surface area contributed by atoms with Crippen LogP contribution in [0.5, 0.6) is 5.75 Å². The molecule has 0 aliphatic carbocycles. The van der Waals surface area contributed by atoms with Crippen molar-refractivity contribution in [2.75, 3.05) is 25.6 Å². The van der Waals surface area contributed by atoms with E-state index < -0.39 is 0 Å². The summed E-state index contributed by atoms with van der Waals surface area (Å²) in [5.74, 6) is 0.724. The van der Waals surface area contributed by atoms with Crippen LogP contribution in [0.2, 0.25) is 0 Å². The van der Waals surface area contributed by atoms with Crippen LogP contribution in [0.4, 0.5) is 5.82 Å². The number of carbonyl (C=O) groups is 1. The molecule has 2 aromatic heterocycles. The maximum Gasteiger partial charge on any atom is 0.260 e. The van der Waals surface area contributed by atoms with E-state index in [-0.39, 0.29) is 5.91 Å². The van der Waals surface area contributed by atoms with Crippen molar-refractivity contribution >= 4 is 22.6 Å². The number of amides is 1. The average molecular weight is 352 g/mol. The predicted octanol–water partition coefficient (Wildman–Crippen LogP) is 3.04. The van der Waals surface area contributed by atoms with Gasteiger partial charge in [-0.3, -0.25) is 9.48 Å². The monoisotopic (exact) mass is 352 g/mol. The summed E-state index contributed by atoms with van der Waals surface area (Å²) < 4.78 is 12.8. The molecule has 7 heteroatoms. The number of anilines is 1. The quantitative estimate of drug-likeness (QED) is 0.781. The molecule has 0 bridgehead atoms. The molecule has 3 heterocycles. The fraction of sp³-hybridized carbons (Fsp3) is 0.316. The smallest absolute Gasteiger partial charge is 0.260 e. The Hall–Kier alpha value is -2.93. The predicted molar refractivity (Wildman–Crippen MR) is 97.6 cm³/mol. The minimum absolute atomic E-state index is 0.263. The molecule has 4 rings (SSSR count). The maximum atomic E-state index is 12.7. The van der Waals surface area contributed by atoms with E-state index in [4.69, 9.17) is 9.47 Å². The second kappa shape index (κ2) is 7.13. The van der Waals surface area contributed by atoms with Crippen LogP contribution in [-0.2, 0) is 4.74 Å². The first kappa shape index (κ1) is 16.5. The molecule has 1 fully saturated rings. The van der Waals surface area contributed by atoms with Crippen LogP contribution < -0.4 is 10.1 Å². The molecule has 0 atom stereocenters. The van der Waals surface area contributed by atoms with Crippen LogP contribution in [0.25, 0.3) is 10.9 Å². The SMILES string of the molecule is COc1cc2nn(C3CCOCC3)cc2cc1C(=O)Nc1ccccn1. The molecular formula is C19H20N4O3. The van der Waals surface area contributed by atoms with Crippen molar-refractivity contribution in [1.29, 1.82) is 0 Å². The number of fused-ring (bicyclic) bond motifs is 1. The highest BCUT2D eigenvalue weighted by molar-refractivity contribution is 6.08. The minimum Gasteiger partial charge on any atom is -0.496 e. The first-order valence-electron chi connectivity index (χ1n) is 8.61. The highest BCUT2D eigenvalue weighted by Crippen LogP contribution is 2.28. The molecule has 1 aromatic carbocycles. The minimum atomic E-state index is -0.263. The molecule has 0 saturated carbocycles. The van der Waals surface area contributed by atoms with Crippen LogP contribution in [-0.4, -0.2) is 41.0 Å². The fourth-order valence-electron chi connectivity index (χ4n) is 3.18. The lowest BCUT2D eigenvalue weighted by molar-refractivity contribution is 0.0664. The summed E-state index contributed by atoms with van der Waals surface area (Å²) in [6.07, 6.45) is 5.51. The van der Waals surface area contributed by atoms with Crippen LogP contribution in [0.1, 0.15) is 29.2 Å². The number of pyridine rings is 1. The van der Waals surface area contributed by atoms with Crippen molar-refractivity contribution in [3.8, 4) is 5.75 Å². The third-order valence-electron chi connectivity index (χ3n) is 4.56. The van der Waals surface area contributed by atoms with Crippen molar-refractivity contribution in [2.45, 2.75) is 18.9 Å². The highest BCUT2D eigenvalue weighted by Gasteiger charge is 2.20. The van der Waals surface area contributed by atoms with E-state index in [0.29, 0.717) is 23.2 Å². The summed E-state index contributed by atoms with van der Waals surface area (Å²) in [7, 11) is 1.55. The van der Waals surface area contributed by atoms with Crippen molar-refractivity contribution < 1.29 is 14.3 Å². The number of rotatable bonds is 4. The van der Waals surface area contributed by atoms with Gasteiger partial charge in [-0.1, -0.05) is 6.07 Å². The lowest BCUT2D eigenvalue weighted by Gasteiger charge is -2.22. The zero-order chi connectivity index (χ0) is 17.9. The van der Waals surface area contributed by atoms with E-state index in [1.165, 1.54) is 0 Å². The number of methoxy groups -OCH3 is 1. The van der Waals surface area contributed by atoms with Gasteiger partial charge in [0.1, 0.15) is 11.6 Å². The number of benzene rings is 1. The molecule has 1 aliphatic rings. The van der Waals surface area contributed by atoms with Crippen LogP contribution in [0, 0.1) is 0 Å². The fourth-order valence-corrected chi connectivity index (χ4v) is 3.18. The number of hydrogen-bond acceptors (Lipinski definition) is 5. The van der Waals surface area contributed by atoms with E-state index in [2.05, 4.69) is 15.4 Å². The van der Waals surface area contributed by atoms with Crippen molar-refractivity contribution in [2.24, 2.45) is 0 Å². The number of hydrogen-bond donors (Lipinski definition) is 1. The van der Waals surface area contributed by atoms with E-state index in [1.807, 2.05) is 23.0 Å². The lowest BCUT2D eigenvalue weighted by Crippen LogP contribution is -2.19. The summed E-state index contributed by atoms with van der Waals surface area (Å²) in [5.41, 5.74) is 1.26. The third-order valence-corrected chi connectivity index (χ3v) is 4.56. The topological polar surface area (TPSA) is 78.3 Å². The Morgan fingerprint density at radius 3 is 2.88 bits per heavy atom. The number of nitrogens with zero attached hydrogens (tertiary/aromatic N) is 3. The molecule has 1 amide bonds. The summed E-state index contributed by atoms with van der Waals surface area (Å²) in [4.78, 5) is 16.8. The lowest BCUT2D eigenvalue weighted by atomic mass is 10.1. The molecule has 3 aromatic rings. The Morgan fingerprint density at radius 1 is 1.31 bits per heavy atom. The Kier molecular flexibility index (Phi) is 4.53. The van der Waals surface area contributed by atoms with Gasteiger partial charge >= 0.3 is 0 Å². The first-order chi connectivity index (χ1) is 12.7. The van der Waals surface area contributed by atoms with Gasteiger partial charge in [0.2, 0.25) is 0 Å². The molecule has 1 N–H and O–H groups in total. The number of aromatic nitrogens is 3. The van der Waals surface area contributed by atoms with E-state index >= 15 is 0 Å². The van der Waals surface area contributed by atoms with Crippen LogP contribution >= 0.6 is 0 Å². The zero-order valence-corrected chi connectivity index (χ0v) is 14.5. The molecule has 1 aliphatic heterocycles. The zero-order valence-electron chi connectivity index (χ0n) is 14.5. The van der Waals surface area contributed by atoms with Crippen molar-refractivity contribution in [1.82, 2.24) is 14.8 Å². The Balaban J connectivity index is 1.66. The van der Waals surface area contributed by atoms with Gasteiger partial charge in [0.05, 0.1) is 24.2 Å². The highest BCUT2D eigenvalue weighted by atomic mass is 16.5. The number of ether oxygens (including phenoxy) is 2. The van der Waals surface area contributed by atoms with Crippen LogP contribution in [0.15, 0.2) is 42.7 Å². The van der Waals surface area contributed by atoms with Gasteiger partial charge < -0.3 is 14.8 Å². The third kappa shape index (κ3) is 3.25. The second-order valence-electron chi connectivity index (χ2n) is 6.23. The van der Waals surface area contributed by atoms with Crippen LogP contribution in [0.3, 0.4) is 0 Å². The van der Waals surface area contributed by atoms with E-state index in [1.54, 1.807) is 31.5 Å². The van der Waals surface area contributed by atoms with E-state index in [9.17, 15) is 4.79 Å². The van der Waals surface area contributed by atoms with Gasteiger partial charge in [0.15, 0.2) is 0 Å². The number of carbonyl (C=O) groups excluding carboxylic acids is 1. The molecule has 26 heavy (non-hydrogen) atoms. The standard InChI is InChI=1S/C19H20N4O3/c1-25-17-11-16-13(12-23(22-16)14-5-8-26-9-6-14)10-15(17)19(24)21-18-4-2-3-7-20-18/h2-4,7,10-12,14H,5-6,8-9H2,1H3,(H,20,21,24). The van der Waals surface area contributed by atoms with Gasteiger partial charge in [0, 0.05) is 37.1 Å². The molecule has 1 saturated heterocycles.